The molecule has 0 radical (unpaired) electrons. The van der Waals surface area contributed by atoms with Crippen molar-refractivity contribution < 1.29 is 9.53 Å². The number of nitrogens with zero attached hydrogens (tertiary/aromatic N) is 3. The van der Waals surface area contributed by atoms with Gasteiger partial charge in [0, 0.05) is 31.6 Å². The Morgan fingerprint density at radius 3 is 2.54 bits per heavy atom. The maximum Gasteiger partial charge on any atom is 0.257 e. The van der Waals surface area contributed by atoms with E-state index >= 15 is 0 Å². The van der Waals surface area contributed by atoms with E-state index in [-0.39, 0.29) is 11.3 Å². The van der Waals surface area contributed by atoms with Crippen LogP contribution in [0.3, 0.4) is 0 Å². The summed E-state index contributed by atoms with van der Waals surface area (Å²) in [6.45, 7) is 10.9. The van der Waals surface area contributed by atoms with Crippen LogP contribution in [0.5, 0.6) is 0 Å². The lowest BCUT2D eigenvalue weighted by Crippen LogP contribution is -2.37. The van der Waals surface area contributed by atoms with Crippen molar-refractivity contribution in [3.8, 4) is 0 Å². The van der Waals surface area contributed by atoms with Gasteiger partial charge in [0.15, 0.2) is 0 Å². The molecule has 1 aliphatic rings. The average Bonchev–Trinajstić information content (AvgIpc) is 3.07. The van der Waals surface area contributed by atoms with Crippen molar-refractivity contribution in [2.45, 2.75) is 32.6 Å². The third-order valence-corrected chi connectivity index (χ3v) is 5.34. The summed E-state index contributed by atoms with van der Waals surface area (Å²) in [6, 6.07) is 7.72. The number of hydrogen-bond donors (Lipinski definition) is 1. The molecule has 6 nitrogen and oxygen atoms in total. The second kappa shape index (κ2) is 8.24. The highest BCUT2D eigenvalue weighted by Gasteiger charge is 2.16. The Labute approximate surface area is 158 Å². The van der Waals surface area contributed by atoms with E-state index in [1.807, 2.05) is 24.3 Å². The van der Waals surface area contributed by atoms with Crippen LogP contribution in [-0.4, -0.2) is 53.9 Å². The summed E-state index contributed by atoms with van der Waals surface area (Å²) in [5, 5.41) is 12.6. The number of aromatic nitrogens is 2. The molecule has 3 rings (SSSR count). The molecular weight excluding hydrogens is 348 g/mol. The van der Waals surface area contributed by atoms with Crippen LogP contribution in [-0.2, 0) is 16.6 Å². The predicted octanol–water partition coefficient (Wildman–Crippen LogP) is 2.96. The van der Waals surface area contributed by atoms with Gasteiger partial charge in [-0.05, 0) is 23.1 Å². The number of nitrogens with one attached hydrogen (secondary N) is 1. The number of amides is 1. The number of hydrogen-bond acceptors (Lipinski definition) is 6. The van der Waals surface area contributed by atoms with Gasteiger partial charge in [0.1, 0.15) is 5.01 Å². The lowest BCUT2D eigenvalue weighted by Gasteiger charge is -2.25. The third-order valence-electron chi connectivity index (χ3n) is 4.45. The molecule has 0 spiro atoms. The first-order valence-corrected chi connectivity index (χ1v) is 9.78. The summed E-state index contributed by atoms with van der Waals surface area (Å²) in [7, 11) is 0. The molecule has 1 amide bonds. The van der Waals surface area contributed by atoms with Gasteiger partial charge in [0.2, 0.25) is 5.13 Å². The van der Waals surface area contributed by atoms with Gasteiger partial charge in [-0.1, -0.05) is 44.2 Å². The van der Waals surface area contributed by atoms with Crippen molar-refractivity contribution in [2.75, 3.05) is 38.2 Å². The summed E-state index contributed by atoms with van der Waals surface area (Å²) in [5.41, 5.74) is 1.90. The number of rotatable bonds is 5. The van der Waals surface area contributed by atoms with Crippen LogP contribution in [0.2, 0.25) is 0 Å². The summed E-state index contributed by atoms with van der Waals surface area (Å²) >= 11 is 1.44. The Morgan fingerprint density at radius 2 is 1.88 bits per heavy atom. The first kappa shape index (κ1) is 18.9. The molecule has 0 aliphatic carbocycles. The quantitative estimate of drug-likeness (QED) is 0.871. The molecule has 0 unspecified atom stereocenters. The van der Waals surface area contributed by atoms with E-state index in [1.54, 1.807) is 0 Å². The average molecular weight is 375 g/mol. The minimum Gasteiger partial charge on any atom is -0.379 e. The van der Waals surface area contributed by atoms with Gasteiger partial charge >= 0.3 is 0 Å². The maximum absolute atomic E-state index is 12.4. The van der Waals surface area contributed by atoms with Crippen LogP contribution in [0.15, 0.2) is 24.3 Å². The molecule has 26 heavy (non-hydrogen) atoms. The van der Waals surface area contributed by atoms with E-state index in [0.29, 0.717) is 10.7 Å². The number of carbonyl (C=O) groups excluding carboxylic acids is 1. The van der Waals surface area contributed by atoms with Gasteiger partial charge in [-0.3, -0.25) is 15.0 Å². The molecule has 2 heterocycles. The molecule has 1 N–H and O–H groups in total. The molecule has 1 aromatic carbocycles. The molecule has 1 fully saturated rings. The monoisotopic (exact) mass is 374 g/mol. The lowest BCUT2D eigenvalue weighted by molar-refractivity contribution is 0.0384. The number of carbonyl (C=O) groups is 1. The van der Waals surface area contributed by atoms with E-state index in [9.17, 15) is 4.79 Å². The Hall–Kier alpha value is -1.83. The van der Waals surface area contributed by atoms with E-state index in [4.69, 9.17) is 4.74 Å². The van der Waals surface area contributed by atoms with Crippen molar-refractivity contribution in [1.82, 2.24) is 15.1 Å². The van der Waals surface area contributed by atoms with Crippen LogP contribution < -0.4 is 5.32 Å². The first-order chi connectivity index (χ1) is 12.4. The minimum absolute atomic E-state index is 0.0730. The van der Waals surface area contributed by atoms with Crippen molar-refractivity contribution in [2.24, 2.45) is 0 Å². The van der Waals surface area contributed by atoms with Crippen LogP contribution >= 0.6 is 11.3 Å². The molecule has 0 bridgehead atoms. The Kier molecular flexibility index (Phi) is 6.01. The Balaban J connectivity index is 1.53. The predicted molar refractivity (Wildman–Crippen MR) is 104 cm³/mol. The fourth-order valence-electron chi connectivity index (χ4n) is 2.77. The summed E-state index contributed by atoms with van der Waals surface area (Å²) in [5.74, 6) is -0.152. The lowest BCUT2D eigenvalue weighted by atomic mass is 9.87. The smallest absolute Gasteiger partial charge is 0.257 e. The fraction of sp³-hybridized carbons (Fsp3) is 0.526. The van der Waals surface area contributed by atoms with E-state index < -0.39 is 0 Å². The molecule has 1 aromatic heterocycles. The summed E-state index contributed by atoms with van der Waals surface area (Å²) < 4.78 is 5.35. The third kappa shape index (κ3) is 5.09. The summed E-state index contributed by atoms with van der Waals surface area (Å²) in [6.07, 6.45) is 0.841. The molecule has 7 heteroatoms. The van der Waals surface area contributed by atoms with Gasteiger partial charge in [-0.2, -0.15) is 0 Å². The fourth-order valence-corrected chi connectivity index (χ4v) is 3.50. The molecule has 0 atom stereocenters. The van der Waals surface area contributed by atoms with Crippen LogP contribution in [0.25, 0.3) is 0 Å². The van der Waals surface area contributed by atoms with E-state index in [0.717, 1.165) is 44.3 Å². The number of anilines is 1. The zero-order valence-electron chi connectivity index (χ0n) is 15.6. The highest BCUT2D eigenvalue weighted by molar-refractivity contribution is 7.15. The van der Waals surface area contributed by atoms with Gasteiger partial charge in [-0.25, -0.2) is 0 Å². The molecule has 1 aliphatic heterocycles. The van der Waals surface area contributed by atoms with Gasteiger partial charge in [0.05, 0.1) is 13.2 Å². The van der Waals surface area contributed by atoms with Crippen molar-refractivity contribution in [1.29, 1.82) is 0 Å². The first-order valence-electron chi connectivity index (χ1n) is 8.96. The molecule has 2 aromatic rings. The van der Waals surface area contributed by atoms with Gasteiger partial charge < -0.3 is 4.74 Å². The Bertz CT molecular complexity index is 731. The highest BCUT2D eigenvalue weighted by Crippen LogP contribution is 2.23. The van der Waals surface area contributed by atoms with Gasteiger partial charge in [-0.15, -0.1) is 10.2 Å². The van der Waals surface area contributed by atoms with E-state index in [2.05, 4.69) is 41.2 Å². The standard InChI is InChI=1S/C19H26N4O2S/c1-19(2,3)15-6-4-14(5-7-15)17(24)20-18-22-21-16(26-18)8-9-23-10-12-25-13-11-23/h4-7H,8-13H2,1-3H3,(H,20,22,24). The molecule has 140 valence electrons. The second-order valence-electron chi connectivity index (χ2n) is 7.49. The van der Waals surface area contributed by atoms with E-state index in [1.165, 1.54) is 16.9 Å². The molecule has 1 saturated heterocycles. The van der Waals surface area contributed by atoms with Crippen LogP contribution in [0.4, 0.5) is 5.13 Å². The van der Waals surface area contributed by atoms with Crippen molar-refractivity contribution in [3.63, 3.8) is 0 Å². The minimum atomic E-state index is -0.152. The zero-order valence-corrected chi connectivity index (χ0v) is 16.4. The van der Waals surface area contributed by atoms with Crippen molar-refractivity contribution >= 4 is 22.4 Å². The number of morpholine rings is 1. The highest BCUT2D eigenvalue weighted by atomic mass is 32.1. The van der Waals surface area contributed by atoms with Crippen molar-refractivity contribution in [3.05, 3.63) is 40.4 Å². The number of benzene rings is 1. The molecular formula is C19H26N4O2S. The SMILES string of the molecule is CC(C)(C)c1ccc(C(=O)Nc2nnc(CCN3CCOCC3)s2)cc1. The normalized spacial score (nSPS) is 15.8. The summed E-state index contributed by atoms with van der Waals surface area (Å²) in [4.78, 5) is 14.8. The second-order valence-corrected chi connectivity index (χ2v) is 8.55. The maximum atomic E-state index is 12.4. The zero-order chi connectivity index (χ0) is 18.6. The topological polar surface area (TPSA) is 67.4 Å². The van der Waals surface area contributed by atoms with Crippen LogP contribution in [0.1, 0.15) is 41.7 Å². The largest absolute Gasteiger partial charge is 0.379 e. The van der Waals surface area contributed by atoms with Crippen LogP contribution in [0, 0.1) is 0 Å². The number of ether oxygens (including phenoxy) is 1. The van der Waals surface area contributed by atoms with Gasteiger partial charge in [0.25, 0.3) is 5.91 Å². The molecule has 0 saturated carbocycles. The Morgan fingerprint density at radius 1 is 1.19 bits per heavy atom.